The number of aromatic carboxylic acids is 1. The van der Waals surface area contributed by atoms with Gasteiger partial charge in [0.15, 0.2) is 11.5 Å². The molecule has 6 nitrogen and oxygen atoms in total. The molecule has 0 fully saturated rings. The Labute approximate surface area is 126 Å². The van der Waals surface area contributed by atoms with Gasteiger partial charge in [-0.2, -0.15) is 0 Å². The van der Waals surface area contributed by atoms with Crippen molar-refractivity contribution in [1.29, 1.82) is 0 Å². The van der Waals surface area contributed by atoms with Gasteiger partial charge in [-0.15, -0.1) is 0 Å². The summed E-state index contributed by atoms with van der Waals surface area (Å²) in [4.78, 5) is 10.9. The first kappa shape index (κ1) is 15.2. The zero-order chi connectivity index (χ0) is 15.6. The number of benzene rings is 1. The molecule has 0 aliphatic rings. The van der Waals surface area contributed by atoms with E-state index in [1.807, 2.05) is 6.92 Å². The fourth-order valence-electron chi connectivity index (χ4n) is 2.14. The highest BCUT2D eigenvalue weighted by Gasteiger charge is 2.22. The Morgan fingerprint density at radius 1 is 1.38 bits per heavy atom. The molecular weight excluding hydrogens is 298 g/mol. The van der Waals surface area contributed by atoms with Crippen LogP contribution in [0.15, 0.2) is 16.7 Å². The van der Waals surface area contributed by atoms with Crippen LogP contribution in [0.3, 0.4) is 0 Å². The monoisotopic (exact) mass is 311 g/mol. The molecule has 0 aliphatic carbocycles. The lowest BCUT2D eigenvalue weighted by atomic mass is 10.00. The molecule has 1 N–H and O–H groups in total. The lowest BCUT2D eigenvalue weighted by Crippen LogP contribution is -1.99. The van der Waals surface area contributed by atoms with Crippen LogP contribution in [0.2, 0.25) is 5.02 Å². The van der Waals surface area contributed by atoms with Gasteiger partial charge in [0, 0.05) is 23.3 Å². The summed E-state index contributed by atoms with van der Waals surface area (Å²) in [6.07, 6.45) is 0.602. The number of hydrogen-bond donors (Lipinski definition) is 1. The molecule has 0 spiro atoms. The average Bonchev–Trinajstić information content (AvgIpc) is 2.95. The summed E-state index contributed by atoms with van der Waals surface area (Å²) in [7, 11) is 3.05. The largest absolute Gasteiger partial charge is 0.493 e. The van der Waals surface area contributed by atoms with Gasteiger partial charge < -0.3 is 19.1 Å². The van der Waals surface area contributed by atoms with Crippen LogP contribution in [0, 0.1) is 0 Å². The predicted octanol–water partition coefficient (Wildman–Crippen LogP) is 3.27. The maximum Gasteiger partial charge on any atom is 0.374 e. The molecule has 7 heteroatoms. The second kappa shape index (κ2) is 6.05. The van der Waals surface area contributed by atoms with Gasteiger partial charge >= 0.3 is 5.97 Å². The van der Waals surface area contributed by atoms with Gasteiger partial charge in [0.2, 0.25) is 5.76 Å². The van der Waals surface area contributed by atoms with Crippen LogP contribution < -0.4 is 9.47 Å². The van der Waals surface area contributed by atoms with Crippen molar-refractivity contribution in [2.45, 2.75) is 13.3 Å². The highest BCUT2D eigenvalue weighted by atomic mass is 35.5. The first-order chi connectivity index (χ1) is 10.0. The van der Waals surface area contributed by atoms with Crippen molar-refractivity contribution < 1.29 is 23.9 Å². The van der Waals surface area contributed by atoms with Crippen LogP contribution in [0.5, 0.6) is 11.5 Å². The lowest BCUT2D eigenvalue weighted by Gasteiger charge is -2.16. The summed E-state index contributed by atoms with van der Waals surface area (Å²) in [5, 5.41) is 13.1. The number of carbonyl (C=O) groups is 1. The van der Waals surface area contributed by atoms with Crippen LogP contribution in [-0.2, 0) is 6.42 Å². The Morgan fingerprint density at radius 3 is 2.57 bits per heavy atom. The highest BCUT2D eigenvalue weighted by molar-refractivity contribution is 6.33. The van der Waals surface area contributed by atoms with E-state index in [2.05, 4.69) is 5.16 Å². The number of rotatable bonds is 5. The van der Waals surface area contributed by atoms with Crippen LogP contribution in [0.4, 0.5) is 0 Å². The van der Waals surface area contributed by atoms with Crippen LogP contribution in [0.1, 0.15) is 23.0 Å². The molecule has 2 rings (SSSR count). The molecule has 112 valence electrons. The van der Waals surface area contributed by atoms with E-state index in [4.69, 9.17) is 30.7 Å². The number of halogens is 1. The Morgan fingerprint density at radius 2 is 2.10 bits per heavy atom. The number of aromatic nitrogens is 1. The average molecular weight is 312 g/mol. The molecule has 0 aliphatic heterocycles. The normalized spacial score (nSPS) is 10.5. The van der Waals surface area contributed by atoms with E-state index in [1.54, 1.807) is 6.07 Å². The summed E-state index contributed by atoms with van der Waals surface area (Å²) < 4.78 is 15.4. The van der Waals surface area contributed by atoms with E-state index < -0.39 is 5.97 Å². The van der Waals surface area contributed by atoms with Crippen molar-refractivity contribution in [3.05, 3.63) is 28.5 Å². The molecule has 0 amide bonds. The van der Waals surface area contributed by atoms with E-state index in [0.717, 1.165) is 5.56 Å². The van der Waals surface area contributed by atoms with E-state index in [1.165, 1.54) is 20.3 Å². The summed E-state index contributed by atoms with van der Waals surface area (Å²) in [5.74, 6) is -0.398. The number of hydrogen-bond acceptors (Lipinski definition) is 5. The molecule has 0 unspecified atom stereocenters. The minimum Gasteiger partial charge on any atom is -0.493 e. The van der Waals surface area contributed by atoms with E-state index >= 15 is 0 Å². The molecule has 0 saturated heterocycles. The summed E-state index contributed by atoms with van der Waals surface area (Å²) in [5.41, 5.74) is 1.69. The summed E-state index contributed by atoms with van der Waals surface area (Å²) in [6.45, 7) is 1.93. The summed E-state index contributed by atoms with van der Waals surface area (Å²) >= 11 is 6.28. The molecule has 1 aromatic carbocycles. The smallest absolute Gasteiger partial charge is 0.374 e. The lowest BCUT2D eigenvalue weighted by molar-refractivity contribution is 0.0652. The third-order valence-corrected chi connectivity index (χ3v) is 3.35. The van der Waals surface area contributed by atoms with Gasteiger partial charge in [-0.25, -0.2) is 4.79 Å². The third-order valence-electron chi connectivity index (χ3n) is 3.05. The fourth-order valence-corrected chi connectivity index (χ4v) is 2.45. The van der Waals surface area contributed by atoms with Gasteiger partial charge in [0.1, 0.15) is 5.69 Å². The van der Waals surface area contributed by atoms with Crippen molar-refractivity contribution in [1.82, 2.24) is 5.16 Å². The Bertz CT molecular complexity index is 680. The molecule has 2 aromatic rings. The number of nitrogens with zero attached hydrogens (tertiary/aromatic N) is 1. The highest BCUT2D eigenvalue weighted by Crippen LogP contribution is 2.43. The fraction of sp³-hybridized carbons (Fsp3) is 0.286. The van der Waals surface area contributed by atoms with Crippen molar-refractivity contribution in [3.63, 3.8) is 0 Å². The van der Waals surface area contributed by atoms with Crippen LogP contribution in [0.25, 0.3) is 11.3 Å². The molecule has 21 heavy (non-hydrogen) atoms. The molecule has 0 atom stereocenters. The van der Waals surface area contributed by atoms with E-state index in [0.29, 0.717) is 34.2 Å². The maximum atomic E-state index is 10.9. The predicted molar refractivity (Wildman–Crippen MR) is 76.4 cm³/mol. The van der Waals surface area contributed by atoms with Crippen molar-refractivity contribution in [2.75, 3.05) is 14.2 Å². The third kappa shape index (κ3) is 2.67. The molecule has 0 saturated carbocycles. The number of ether oxygens (including phenoxy) is 2. The quantitative estimate of drug-likeness (QED) is 0.912. The molecule has 0 radical (unpaired) electrons. The van der Waals surface area contributed by atoms with Crippen LogP contribution in [-0.4, -0.2) is 30.5 Å². The standard InChI is InChI=1S/C14H14ClNO5/c1-4-7-12(9-6-11(14(17)18)21-16-9)8(15)5-10(19-2)13(7)20-3/h5-6H,4H2,1-3H3,(H,17,18). The first-order valence-corrected chi connectivity index (χ1v) is 6.55. The van der Waals surface area contributed by atoms with Gasteiger partial charge in [0.25, 0.3) is 0 Å². The van der Waals surface area contributed by atoms with Crippen molar-refractivity contribution in [2.24, 2.45) is 0 Å². The zero-order valence-corrected chi connectivity index (χ0v) is 12.5. The Kier molecular flexibility index (Phi) is 4.37. The van der Waals surface area contributed by atoms with Crippen molar-refractivity contribution >= 4 is 17.6 Å². The van der Waals surface area contributed by atoms with Crippen molar-refractivity contribution in [3.8, 4) is 22.8 Å². The molecular formula is C14H14ClNO5. The zero-order valence-electron chi connectivity index (χ0n) is 11.8. The minimum atomic E-state index is -1.19. The van der Waals surface area contributed by atoms with E-state index in [9.17, 15) is 4.79 Å². The Hall–Kier alpha value is -2.21. The number of carboxylic acids is 1. The summed E-state index contributed by atoms with van der Waals surface area (Å²) in [6, 6.07) is 2.93. The molecule has 1 aromatic heterocycles. The minimum absolute atomic E-state index is 0.252. The van der Waals surface area contributed by atoms with Gasteiger partial charge in [-0.1, -0.05) is 23.7 Å². The molecule has 0 bridgehead atoms. The first-order valence-electron chi connectivity index (χ1n) is 6.17. The number of carboxylic acid groups (broad SMARTS) is 1. The SMILES string of the molecule is CCc1c(OC)c(OC)cc(Cl)c1-c1cc(C(=O)O)on1. The second-order valence-electron chi connectivity index (χ2n) is 4.18. The van der Waals surface area contributed by atoms with Gasteiger partial charge in [-0.05, 0) is 6.42 Å². The second-order valence-corrected chi connectivity index (χ2v) is 4.59. The topological polar surface area (TPSA) is 81.8 Å². The van der Waals surface area contributed by atoms with Crippen LogP contribution >= 0.6 is 11.6 Å². The maximum absolute atomic E-state index is 10.9. The van der Waals surface area contributed by atoms with Gasteiger partial charge in [-0.3, -0.25) is 0 Å². The molecule has 1 heterocycles. The van der Waals surface area contributed by atoms with E-state index in [-0.39, 0.29) is 5.76 Å². The van der Waals surface area contributed by atoms with Gasteiger partial charge in [0.05, 0.1) is 19.2 Å². The Balaban J connectivity index is 2.69. The number of methoxy groups -OCH3 is 2.